The van der Waals surface area contributed by atoms with Gasteiger partial charge in [-0.05, 0) is 57.6 Å². The van der Waals surface area contributed by atoms with E-state index in [9.17, 15) is 19.1 Å². The fourth-order valence-corrected chi connectivity index (χ4v) is 5.74. The Morgan fingerprint density at radius 1 is 1.31 bits per heavy atom. The van der Waals surface area contributed by atoms with Crippen LogP contribution in [0.25, 0.3) is 0 Å². The Labute approximate surface area is 189 Å². The van der Waals surface area contributed by atoms with Crippen molar-refractivity contribution in [3.63, 3.8) is 0 Å². The van der Waals surface area contributed by atoms with Gasteiger partial charge in [0.05, 0.1) is 0 Å². The second kappa shape index (κ2) is 9.75. The molecule has 32 heavy (non-hydrogen) atoms. The van der Waals surface area contributed by atoms with Gasteiger partial charge in [-0.3, -0.25) is 14.5 Å². The van der Waals surface area contributed by atoms with Gasteiger partial charge in [0.25, 0.3) is 0 Å². The maximum atomic E-state index is 14.2. The standard InChI is InChI=1S/C24H35FN4O3/c1-3-29(22(31)14-30)18-9-10-28(13-18)17-6-4-5-16(11-17)26-24(32)21-12-19-20(25)8-7-15(2)23(19)27-21/h7-8,16-18,21,27,30H,3-6,9-14H2,1-2H3,(H,26,32)/t16-,17+,18+,21?/m1/s1. The zero-order valence-corrected chi connectivity index (χ0v) is 19.1. The van der Waals surface area contributed by atoms with Gasteiger partial charge >= 0.3 is 0 Å². The highest BCUT2D eigenvalue weighted by molar-refractivity contribution is 5.88. The number of benzene rings is 1. The first kappa shape index (κ1) is 23.0. The second-order valence-corrected chi connectivity index (χ2v) is 9.42. The van der Waals surface area contributed by atoms with Crippen LogP contribution >= 0.6 is 0 Å². The average molecular weight is 447 g/mol. The first-order valence-corrected chi connectivity index (χ1v) is 11.9. The summed E-state index contributed by atoms with van der Waals surface area (Å²) in [7, 11) is 0. The Hall–Kier alpha value is -2.19. The summed E-state index contributed by atoms with van der Waals surface area (Å²) in [5.74, 6) is -0.518. The average Bonchev–Trinajstić information content (AvgIpc) is 3.46. The van der Waals surface area contributed by atoms with E-state index in [1.807, 2.05) is 13.8 Å². The van der Waals surface area contributed by atoms with Crippen molar-refractivity contribution in [1.29, 1.82) is 0 Å². The van der Waals surface area contributed by atoms with E-state index >= 15 is 0 Å². The molecule has 2 aliphatic heterocycles. The smallest absolute Gasteiger partial charge is 0.248 e. The minimum absolute atomic E-state index is 0.0596. The first-order chi connectivity index (χ1) is 15.4. The number of hydrogen-bond acceptors (Lipinski definition) is 5. The summed E-state index contributed by atoms with van der Waals surface area (Å²) in [6, 6.07) is 3.42. The van der Waals surface area contributed by atoms with E-state index < -0.39 is 12.6 Å². The SMILES string of the molecule is CCN(C(=O)CO)[C@H]1CCN([C@H]2CCC[C@@H](NC(=O)C3Cc4c(F)ccc(C)c4N3)C2)C1. The number of aliphatic hydroxyl groups excluding tert-OH is 1. The van der Waals surface area contributed by atoms with Crippen LogP contribution in [0.5, 0.6) is 0 Å². The zero-order valence-electron chi connectivity index (χ0n) is 19.1. The molecule has 1 saturated heterocycles. The molecule has 176 valence electrons. The number of fused-ring (bicyclic) bond motifs is 1. The molecule has 1 aromatic rings. The van der Waals surface area contributed by atoms with Crippen LogP contribution in [-0.2, 0) is 16.0 Å². The lowest BCUT2D eigenvalue weighted by molar-refractivity contribution is -0.136. The number of halogens is 1. The maximum Gasteiger partial charge on any atom is 0.248 e. The van der Waals surface area contributed by atoms with Crippen molar-refractivity contribution in [2.24, 2.45) is 0 Å². The van der Waals surface area contributed by atoms with Crippen LogP contribution in [0.3, 0.4) is 0 Å². The number of carbonyl (C=O) groups excluding carboxylic acids is 2. The van der Waals surface area contributed by atoms with E-state index in [1.165, 1.54) is 6.07 Å². The van der Waals surface area contributed by atoms with Crippen molar-refractivity contribution in [1.82, 2.24) is 15.1 Å². The van der Waals surface area contributed by atoms with Crippen LogP contribution in [0, 0.1) is 12.7 Å². The molecule has 1 aliphatic carbocycles. The third-order valence-corrected chi connectivity index (χ3v) is 7.45. The number of likely N-dealkylation sites (tertiary alicyclic amines) is 1. The molecule has 2 fully saturated rings. The van der Waals surface area contributed by atoms with Crippen LogP contribution in [0.15, 0.2) is 12.1 Å². The van der Waals surface area contributed by atoms with E-state index in [0.29, 0.717) is 24.6 Å². The Balaban J connectivity index is 1.31. The lowest BCUT2D eigenvalue weighted by atomic mass is 9.89. The Bertz CT molecular complexity index is 833. The molecule has 0 spiro atoms. The third kappa shape index (κ3) is 4.62. The summed E-state index contributed by atoms with van der Waals surface area (Å²) in [4.78, 5) is 29.2. The topological polar surface area (TPSA) is 84.9 Å². The molecule has 0 radical (unpaired) electrons. The fraction of sp³-hybridized carbons (Fsp3) is 0.667. The molecule has 1 unspecified atom stereocenters. The lowest BCUT2D eigenvalue weighted by Crippen LogP contribution is -2.49. The molecule has 8 heteroatoms. The van der Waals surface area contributed by atoms with Gasteiger partial charge < -0.3 is 20.6 Å². The summed E-state index contributed by atoms with van der Waals surface area (Å²) in [6.45, 7) is 5.80. The third-order valence-electron chi connectivity index (χ3n) is 7.45. The lowest BCUT2D eigenvalue weighted by Gasteiger charge is -2.36. The van der Waals surface area contributed by atoms with Crippen molar-refractivity contribution >= 4 is 17.5 Å². The number of nitrogens with zero attached hydrogens (tertiary/aromatic N) is 2. The van der Waals surface area contributed by atoms with Gasteiger partial charge in [0.1, 0.15) is 18.5 Å². The molecule has 0 aromatic heterocycles. The van der Waals surface area contributed by atoms with Crippen molar-refractivity contribution in [3.05, 3.63) is 29.1 Å². The highest BCUT2D eigenvalue weighted by Gasteiger charge is 2.36. The molecule has 3 N–H and O–H groups in total. The van der Waals surface area contributed by atoms with Gasteiger partial charge in [-0.2, -0.15) is 0 Å². The van der Waals surface area contributed by atoms with Gasteiger partial charge in [-0.15, -0.1) is 0 Å². The van der Waals surface area contributed by atoms with E-state index in [4.69, 9.17) is 0 Å². The summed E-state index contributed by atoms with van der Waals surface area (Å²) < 4.78 is 14.2. The summed E-state index contributed by atoms with van der Waals surface area (Å²) in [6.07, 6.45) is 5.29. The number of carbonyl (C=O) groups is 2. The number of anilines is 1. The van der Waals surface area contributed by atoms with Gasteiger partial charge in [0, 0.05) is 55.4 Å². The molecule has 2 heterocycles. The monoisotopic (exact) mass is 446 g/mol. The molecule has 4 rings (SSSR count). The Kier molecular flexibility index (Phi) is 7.00. The molecular formula is C24H35FN4O3. The quantitative estimate of drug-likeness (QED) is 0.621. The highest BCUT2D eigenvalue weighted by atomic mass is 19.1. The normalized spacial score (nSPS) is 27.6. The van der Waals surface area contributed by atoms with E-state index in [1.54, 1.807) is 11.0 Å². The maximum absolute atomic E-state index is 14.2. The molecule has 1 saturated carbocycles. The number of aryl methyl sites for hydroxylation is 1. The molecule has 7 nitrogen and oxygen atoms in total. The van der Waals surface area contributed by atoms with Crippen molar-refractivity contribution < 1.29 is 19.1 Å². The first-order valence-electron chi connectivity index (χ1n) is 11.9. The van der Waals surface area contributed by atoms with Gasteiger partial charge in [0.2, 0.25) is 11.8 Å². The van der Waals surface area contributed by atoms with Crippen LogP contribution in [0.4, 0.5) is 10.1 Å². The predicted octanol–water partition coefficient (Wildman–Crippen LogP) is 1.81. The van der Waals surface area contributed by atoms with Crippen molar-refractivity contribution in [2.75, 3.05) is 31.6 Å². The van der Waals surface area contributed by atoms with Crippen LogP contribution < -0.4 is 10.6 Å². The molecular weight excluding hydrogens is 411 g/mol. The number of hydrogen-bond donors (Lipinski definition) is 3. The Morgan fingerprint density at radius 3 is 2.84 bits per heavy atom. The van der Waals surface area contributed by atoms with Crippen LogP contribution in [0.1, 0.15) is 50.2 Å². The van der Waals surface area contributed by atoms with E-state index in [0.717, 1.165) is 56.4 Å². The second-order valence-electron chi connectivity index (χ2n) is 9.42. The van der Waals surface area contributed by atoms with Gasteiger partial charge in [0.15, 0.2) is 0 Å². The number of amides is 2. The summed E-state index contributed by atoms with van der Waals surface area (Å²) in [5.41, 5.74) is 2.32. The van der Waals surface area contributed by atoms with Gasteiger partial charge in [-0.25, -0.2) is 4.39 Å². The predicted molar refractivity (Wildman–Crippen MR) is 121 cm³/mol. The summed E-state index contributed by atoms with van der Waals surface area (Å²) in [5, 5.41) is 15.7. The number of aliphatic hydroxyl groups is 1. The highest BCUT2D eigenvalue weighted by Crippen LogP contribution is 2.32. The minimum atomic E-state index is -0.440. The van der Waals surface area contributed by atoms with E-state index in [-0.39, 0.29) is 29.7 Å². The molecule has 2 amide bonds. The van der Waals surface area contributed by atoms with Gasteiger partial charge in [-0.1, -0.05) is 6.07 Å². The number of nitrogens with one attached hydrogen (secondary N) is 2. The van der Waals surface area contributed by atoms with E-state index in [2.05, 4.69) is 15.5 Å². The van der Waals surface area contributed by atoms with Crippen molar-refractivity contribution in [3.8, 4) is 0 Å². The fourth-order valence-electron chi connectivity index (χ4n) is 5.74. The minimum Gasteiger partial charge on any atom is -0.387 e. The summed E-state index contributed by atoms with van der Waals surface area (Å²) >= 11 is 0. The Morgan fingerprint density at radius 2 is 2.12 bits per heavy atom. The molecule has 3 aliphatic rings. The number of likely N-dealkylation sites (N-methyl/N-ethyl adjacent to an activating group) is 1. The van der Waals surface area contributed by atoms with Crippen molar-refractivity contribution in [2.45, 2.75) is 76.5 Å². The largest absolute Gasteiger partial charge is 0.387 e. The molecule has 0 bridgehead atoms. The van der Waals surface area contributed by atoms with Crippen LogP contribution in [0.2, 0.25) is 0 Å². The molecule has 4 atom stereocenters. The number of rotatable bonds is 6. The van der Waals surface area contributed by atoms with Crippen LogP contribution in [-0.4, -0.2) is 77.1 Å². The zero-order chi connectivity index (χ0) is 22.8. The molecule has 1 aromatic carbocycles.